The van der Waals surface area contributed by atoms with E-state index >= 15 is 0 Å². The van der Waals surface area contributed by atoms with Gasteiger partial charge in [0.2, 0.25) is 5.91 Å². The molecule has 90 valence electrons. The molecule has 1 N–H and O–H groups in total. The van der Waals surface area contributed by atoms with Gasteiger partial charge >= 0.3 is 0 Å². The molecule has 0 rings (SSSR count). The normalized spacial score (nSPS) is 10.7. The molecule has 0 aliphatic rings. The molecule has 0 heterocycles. The van der Waals surface area contributed by atoms with Crippen LogP contribution in [0.4, 0.5) is 0 Å². The van der Waals surface area contributed by atoms with Gasteiger partial charge in [0.1, 0.15) is 0 Å². The lowest BCUT2D eigenvalue weighted by Gasteiger charge is -2.08. The summed E-state index contributed by atoms with van der Waals surface area (Å²) in [6.45, 7) is 8.46. The summed E-state index contributed by atoms with van der Waals surface area (Å²) in [4.78, 5) is 10.8. The van der Waals surface area contributed by atoms with Gasteiger partial charge in [-0.2, -0.15) is 0 Å². The lowest BCUT2D eigenvalue weighted by Crippen LogP contribution is -2.26. The van der Waals surface area contributed by atoms with Crippen molar-refractivity contribution in [2.75, 3.05) is 26.4 Å². The second kappa shape index (κ2) is 9.93. The summed E-state index contributed by atoms with van der Waals surface area (Å²) in [5.74, 6) is 0.0711. The van der Waals surface area contributed by atoms with Crippen LogP contribution < -0.4 is 5.32 Å². The lowest BCUT2D eigenvalue weighted by atomic mass is 10.4. The van der Waals surface area contributed by atoms with Gasteiger partial charge in [0.15, 0.2) is 0 Å². The average molecular weight is 217 g/mol. The number of rotatable bonds is 9. The Kier molecular flexibility index (Phi) is 9.52. The molecule has 0 aliphatic carbocycles. The van der Waals surface area contributed by atoms with Crippen molar-refractivity contribution in [3.63, 3.8) is 0 Å². The second-order valence-corrected chi connectivity index (χ2v) is 3.59. The van der Waals surface area contributed by atoms with Crippen LogP contribution in [0.25, 0.3) is 0 Å². The molecule has 1 amide bonds. The zero-order valence-electron chi connectivity index (χ0n) is 10.0. The van der Waals surface area contributed by atoms with Gasteiger partial charge in [0, 0.05) is 26.2 Å². The van der Waals surface area contributed by atoms with Crippen molar-refractivity contribution in [2.45, 2.75) is 39.7 Å². The van der Waals surface area contributed by atoms with Crippen LogP contribution in [0.1, 0.15) is 33.6 Å². The molecule has 4 nitrogen and oxygen atoms in total. The van der Waals surface area contributed by atoms with Gasteiger partial charge in [0.25, 0.3) is 0 Å². The van der Waals surface area contributed by atoms with E-state index in [1.165, 1.54) is 0 Å². The Bertz CT molecular complexity index is 160. The van der Waals surface area contributed by atoms with Gasteiger partial charge < -0.3 is 14.8 Å². The highest BCUT2D eigenvalue weighted by Gasteiger charge is 1.96. The van der Waals surface area contributed by atoms with Crippen molar-refractivity contribution >= 4 is 5.91 Å². The molecule has 0 aromatic rings. The zero-order chi connectivity index (χ0) is 11.5. The van der Waals surface area contributed by atoms with Crippen molar-refractivity contribution in [1.82, 2.24) is 5.32 Å². The standard InChI is InChI=1S/C11H23NO3/c1-4-11(13)12-6-9-14-7-5-8-15-10(2)3/h10H,4-9H2,1-3H3,(H,12,13). The van der Waals surface area contributed by atoms with E-state index in [-0.39, 0.29) is 12.0 Å². The van der Waals surface area contributed by atoms with Crippen LogP contribution >= 0.6 is 0 Å². The molecule has 0 radical (unpaired) electrons. The molecule has 0 saturated heterocycles. The highest BCUT2D eigenvalue weighted by atomic mass is 16.5. The number of hydrogen-bond donors (Lipinski definition) is 1. The first-order valence-corrected chi connectivity index (χ1v) is 5.62. The van der Waals surface area contributed by atoms with Crippen LogP contribution in [0.3, 0.4) is 0 Å². The lowest BCUT2D eigenvalue weighted by molar-refractivity contribution is -0.121. The van der Waals surface area contributed by atoms with Crippen LogP contribution in [0.5, 0.6) is 0 Å². The minimum Gasteiger partial charge on any atom is -0.380 e. The third-order valence-electron chi connectivity index (χ3n) is 1.77. The SMILES string of the molecule is CCC(=O)NCCOCCCOC(C)C. The Balaban J connectivity index is 3.02. The Morgan fingerprint density at radius 1 is 1.27 bits per heavy atom. The molecule has 0 atom stereocenters. The number of ether oxygens (including phenoxy) is 2. The van der Waals surface area contributed by atoms with Gasteiger partial charge in [-0.15, -0.1) is 0 Å². The quantitative estimate of drug-likeness (QED) is 0.593. The monoisotopic (exact) mass is 217 g/mol. The number of carbonyl (C=O) groups is 1. The van der Waals surface area contributed by atoms with E-state index in [2.05, 4.69) is 5.32 Å². The molecule has 0 saturated carbocycles. The molecule has 0 unspecified atom stereocenters. The van der Waals surface area contributed by atoms with Crippen molar-refractivity contribution in [1.29, 1.82) is 0 Å². The van der Waals surface area contributed by atoms with E-state index in [0.717, 1.165) is 13.0 Å². The zero-order valence-corrected chi connectivity index (χ0v) is 10.0. The fraction of sp³-hybridized carbons (Fsp3) is 0.909. The van der Waals surface area contributed by atoms with Gasteiger partial charge in [-0.05, 0) is 20.3 Å². The van der Waals surface area contributed by atoms with Gasteiger partial charge in [-0.25, -0.2) is 0 Å². The van der Waals surface area contributed by atoms with Gasteiger partial charge in [-0.1, -0.05) is 6.92 Å². The van der Waals surface area contributed by atoms with Crippen LogP contribution in [0.15, 0.2) is 0 Å². The van der Waals surface area contributed by atoms with Crippen molar-refractivity contribution in [2.24, 2.45) is 0 Å². The molecule has 0 spiro atoms. The predicted octanol–water partition coefficient (Wildman–Crippen LogP) is 1.34. The topological polar surface area (TPSA) is 47.6 Å². The molecule has 15 heavy (non-hydrogen) atoms. The first-order chi connectivity index (χ1) is 7.16. The minimum absolute atomic E-state index is 0.0711. The third-order valence-corrected chi connectivity index (χ3v) is 1.77. The van der Waals surface area contributed by atoms with Gasteiger partial charge in [0.05, 0.1) is 12.7 Å². The fourth-order valence-corrected chi connectivity index (χ4v) is 0.970. The third kappa shape index (κ3) is 11.3. The Labute approximate surface area is 92.3 Å². The van der Waals surface area contributed by atoms with Crippen molar-refractivity contribution < 1.29 is 14.3 Å². The van der Waals surface area contributed by atoms with Crippen LogP contribution in [0, 0.1) is 0 Å². The van der Waals surface area contributed by atoms with Crippen LogP contribution in [-0.4, -0.2) is 38.4 Å². The summed E-state index contributed by atoms with van der Waals surface area (Å²) in [5.41, 5.74) is 0. The summed E-state index contributed by atoms with van der Waals surface area (Å²) in [6, 6.07) is 0. The van der Waals surface area contributed by atoms with Crippen LogP contribution in [-0.2, 0) is 14.3 Å². The summed E-state index contributed by atoms with van der Waals surface area (Å²) >= 11 is 0. The molecule has 0 bridgehead atoms. The molecule has 0 aromatic heterocycles. The predicted molar refractivity (Wildman–Crippen MR) is 59.8 cm³/mol. The van der Waals surface area contributed by atoms with E-state index in [0.29, 0.717) is 26.2 Å². The molecule has 0 aliphatic heterocycles. The molecule has 4 heteroatoms. The summed E-state index contributed by atoms with van der Waals surface area (Å²) in [6.07, 6.45) is 1.72. The molecule has 0 fully saturated rings. The smallest absolute Gasteiger partial charge is 0.219 e. The molecular weight excluding hydrogens is 194 g/mol. The van der Waals surface area contributed by atoms with Crippen molar-refractivity contribution in [3.05, 3.63) is 0 Å². The number of amides is 1. The molecule has 0 aromatic carbocycles. The first-order valence-electron chi connectivity index (χ1n) is 5.62. The minimum atomic E-state index is 0.0711. The maximum Gasteiger partial charge on any atom is 0.219 e. The largest absolute Gasteiger partial charge is 0.380 e. The Morgan fingerprint density at radius 3 is 2.60 bits per heavy atom. The highest BCUT2D eigenvalue weighted by molar-refractivity contribution is 5.75. The maximum atomic E-state index is 10.8. The van der Waals surface area contributed by atoms with E-state index in [1.807, 2.05) is 20.8 Å². The van der Waals surface area contributed by atoms with Crippen LogP contribution in [0.2, 0.25) is 0 Å². The van der Waals surface area contributed by atoms with E-state index in [9.17, 15) is 4.79 Å². The fourth-order valence-electron chi connectivity index (χ4n) is 0.970. The Hall–Kier alpha value is -0.610. The van der Waals surface area contributed by atoms with Crippen molar-refractivity contribution in [3.8, 4) is 0 Å². The first kappa shape index (κ1) is 14.4. The second-order valence-electron chi connectivity index (χ2n) is 3.59. The summed E-state index contributed by atoms with van der Waals surface area (Å²) in [7, 11) is 0. The van der Waals surface area contributed by atoms with E-state index in [4.69, 9.17) is 9.47 Å². The summed E-state index contributed by atoms with van der Waals surface area (Å²) in [5, 5.41) is 2.75. The summed E-state index contributed by atoms with van der Waals surface area (Å²) < 4.78 is 10.7. The number of carbonyl (C=O) groups excluding carboxylic acids is 1. The van der Waals surface area contributed by atoms with E-state index in [1.54, 1.807) is 0 Å². The molecular formula is C11H23NO3. The average Bonchev–Trinajstić information content (AvgIpc) is 2.21. The maximum absolute atomic E-state index is 10.8. The number of hydrogen-bond acceptors (Lipinski definition) is 3. The van der Waals surface area contributed by atoms with Gasteiger partial charge in [-0.3, -0.25) is 4.79 Å². The Morgan fingerprint density at radius 2 is 2.00 bits per heavy atom. The highest BCUT2D eigenvalue weighted by Crippen LogP contribution is 1.90. The van der Waals surface area contributed by atoms with E-state index < -0.39 is 0 Å². The number of nitrogens with one attached hydrogen (secondary N) is 1.